The maximum atomic E-state index is 12.9. The van der Waals surface area contributed by atoms with Crippen LogP contribution < -0.4 is 5.32 Å². The van der Waals surface area contributed by atoms with Gasteiger partial charge in [-0.15, -0.1) is 0 Å². The predicted molar refractivity (Wildman–Crippen MR) is 63.4 cm³/mol. The molecule has 1 amide bonds. The standard InChI is InChI=1S/C12H13FN4O/c13-10-4-1-3-9(7-10)12(18)14-6-2-5-11-15-8-16-17-11/h1,3-4,7-8H,2,5-6H2,(H,14,18)(H,15,16,17). The minimum Gasteiger partial charge on any atom is -0.352 e. The Morgan fingerprint density at radius 3 is 3.06 bits per heavy atom. The maximum Gasteiger partial charge on any atom is 0.251 e. The van der Waals surface area contributed by atoms with Crippen molar-refractivity contribution in [3.8, 4) is 0 Å². The van der Waals surface area contributed by atoms with Gasteiger partial charge in [-0.3, -0.25) is 9.89 Å². The molecular weight excluding hydrogens is 235 g/mol. The van der Waals surface area contributed by atoms with Crippen LogP contribution in [-0.2, 0) is 6.42 Å². The molecule has 94 valence electrons. The summed E-state index contributed by atoms with van der Waals surface area (Å²) in [5.74, 6) is 0.103. The molecule has 5 nitrogen and oxygen atoms in total. The molecule has 1 aromatic carbocycles. The summed E-state index contributed by atoms with van der Waals surface area (Å²) >= 11 is 0. The first-order chi connectivity index (χ1) is 8.75. The van der Waals surface area contributed by atoms with Gasteiger partial charge in [0.05, 0.1) is 0 Å². The van der Waals surface area contributed by atoms with Gasteiger partial charge in [0, 0.05) is 18.5 Å². The third-order valence-corrected chi connectivity index (χ3v) is 2.43. The topological polar surface area (TPSA) is 70.7 Å². The third-order valence-electron chi connectivity index (χ3n) is 2.43. The molecule has 0 aliphatic heterocycles. The molecule has 0 unspecified atom stereocenters. The zero-order valence-electron chi connectivity index (χ0n) is 9.69. The van der Waals surface area contributed by atoms with Gasteiger partial charge in [0.15, 0.2) is 0 Å². The van der Waals surface area contributed by atoms with E-state index in [-0.39, 0.29) is 5.91 Å². The smallest absolute Gasteiger partial charge is 0.251 e. The van der Waals surface area contributed by atoms with E-state index in [0.717, 1.165) is 12.2 Å². The lowest BCUT2D eigenvalue weighted by Crippen LogP contribution is -2.24. The number of hydrogen-bond donors (Lipinski definition) is 2. The summed E-state index contributed by atoms with van der Waals surface area (Å²) < 4.78 is 12.9. The van der Waals surface area contributed by atoms with Gasteiger partial charge in [-0.05, 0) is 24.6 Å². The number of carbonyl (C=O) groups excluding carboxylic acids is 1. The summed E-state index contributed by atoms with van der Waals surface area (Å²) in [5, 5.41) is 9.19. The summed E-state index contributed by atoms with van der Waals surface area (Å²) in [5.41, 5.74) is 0.328. The fourth-order valence-electron chi connectivity index (χ4n) is 1.54. The average Bonchev–Trinajstić information content (AvgIpc) is 2.87. The van der Waals surface area contributed by atoms with E-state index in [1.54, 1.807) is 6.07 Å². The van der Waals surface area contributed by atoms with Crippen molar-refractivity contribution < 1.29 is 9.18 Å². The maximum absolute atomic E-state index is 12.9. The number of aromatic amines is 1. The molecule has 1 aromatic heterocycles. The number of benzene rings is 1. The van der Waals surface area contributed by atoms with Gasteiger partial charge in [-0.25, -0.2) is 9.37 Å². The van der Waals surface area contributed by atoms with Gasteiger partial charge in [0.2, 0.25) is 0 Å². The molecule has 6 heteroatoms. The van der Waals surface area contributed by atoms with Crippen molar-refractivity contribution in [2.24, 2.45) is 0 Å². The highest BCUT2D eigenvalue weighted by Crippen LogP contribution is 2.03. The quantitative estimate of drug-likeness (QED) is 0.784. The van der Waals surface area contributed by atoms with Crippen LogP contribution in [0.5, 0.6) is 0 Å². The monoisotopic (exact) mass is 248 g/mol. The van der Waals surface area contributed by atoms with Crippen LogP contribution in [0.2, 0.25) is 0 Å². The SMILES string of the molecule is O=C(NCCCc1ncn[nH]1)c1cccc(F)c1. The second kappa shape index (κ2) is 5.90. The number of amides is 1. The molecular formula is C12H13FN4O. The number of aromatic nitrogens is 3. The van der Waals surface area contributed by atoms with Gasteiger partial charge >= 0.3 is 0 Å². The van der Waals surface area contributed by atoms with Crippen molar-refractivity contribution in [3.63, 3.8) is 0 Å². The lowest BCUT2D eigenvalue weighted by atomic mass is 10.2. The van der Waals surface area contributed by atoms with Gasteiger partial charge < -0.3 is 5.32 Å². The molecule has 0 atom stereocenters. The van der Waals surface area contributed by atoms with E-state index in [1.807, 2.05) is 0 Å². The largest absolute Gasteiger partial charge is 0.352 e. The van der Waals surface area contributed by atoms with Gasteiger partial charge in [-0.2, -0.15) is 5.10 Å². The lowest BCUT2D eigenvalue weighted by molar-refractivity contribution is 0.0952. The van der Waals surface area contributed by atoms with Crippen LogP contribution in [0.15, 0.2) is 30.6 Å². The van der Waals surface area contributed by atoms with E-state index in [0.29, 0.717) is 18.5 Å². The van der Waals surface area contributed by atoms with Gasteiger partial charge in [-0.1, -0.05) is 6.07 Å². The second-order valence-corrected chi connectivity index (χ2v) is 3.80. The van der Waals surface area contributed by atoms with Crippen LogP contribution in [-0.4, -0.2) is 27.6 Å². The van der Waals surface area contributed by atoms with E-state index in [2.05, 4.69) is 20.5 Å². The molecule has 2 N–H and O–H groups in total. The molecule has 2 rings (SSSR count). The molecule has 1 heterocycles. The highest BCUT2D eigenvalue weighted by Gasteiger charge is 2.05. The average molecular weight is 248 g/mol. The third kappa shape index (κ3) is 3.38. The van der Waals surface area contributed by atoms with E-state index >= 15 is 0 Å². The van der Waals surface area contributed by atoms with E-state index in [9.17, 15) is 9.18 Å². The number of halogens is 1. The van der Waals surface area contributed by atoms with E-state index in [4.69, 9.17) is 0 Å². The number of nitrogens with one attached hydrogen (secondary N) is 2. The van der Waals surface area contributed by atoms with Crippen molar-refractivity contribution in [1.82, 2.24) is 20.5 Å². The van der Waals surface area contributed by atoms with Crippen LogP contribution in [0, 0.1) is 5.82 Å². The first kappa shape index (κ1) is 12.2. The molecule has 0 aliphatic rings. The Morgan fingerprint density at radius 1 is 1.44 bits per heavy atom. The first-order valence-electron chi connectivity index (χ1n) is 5.64. The summed E-state index contributed by atoms with van der Waals surface area (Å²) in [7, 11) is 0. The Morgan fingerprint density at radius 2 is 2.33 bits per heavy atom. The van der Waals surface area contributed by atoms with Crippen LogP contribution >= 0.6 is 0 Å². The molecule has 0 spiro atoms. The molecule has 0 fully saturated rings. The Kier molecular flexibility index (Phi) is 4.01. The summed E-state index contributed by atoms with van der Waals surface area (Å²) in [4.78, 5) is 15.6. The van der Waals surface area contributed by atoms with Crippen LogP contribution in [0.1, 0.15) is 22.6 Å². The van der Waals surface area contributed by atoms with Gasteiger partial charge in [0.25, 0.3) is 5.91 Å². The Balaban J connectivity index is 1.75. The van der Waals surface area contributed by atoms with Crippen molar-refractivity contribution >= 4 is 5.91 Å². The Bertz CT molecular complexity index is 513. The van der Waals surface area contributed by atoms with Crippen molar-refractivity contribution in [2.45, 2.75) is 12.8 Å². The molecule has 0 aliphatic carbocycles. The fraction of sp³-hybridized carbons (Fsp3) is 0.250. The van der Waals surface area contributed by atoms with Crippen LogP contribution in [0.3, 0.4) is 0 Å². The van der Waals surface area contributed by atoms with Crippen molar-refractivity contribution in [2.75, 3.05) is 6.54 Å². The molecule has 0 saturated heterocycles. The zero-order chi connectivity index (χ0) is 12.8. The molecule has 0 bridgehead atoms. The minimum atomic E-state index is -0.413. The number of aryl methyl sites for hydroxylation is 1. The van der Waals surface area contributed by atoms with Crippen LogP contribution in [0.4, 0.5) is 4.39 Å². The van der Waals surface area contributed by atoms with Crippen molar-refractivity contribution in [3.05, 3.63) is 47.8 Å². The normalized spacial score (nSPS) is 10.3. The molecule has 0 radical (unpaired) electrons. The number of nitrogens with zero attached hydrogens (tertiary/aromatic N) is 2. The highest BCUT2D eigenvalue weighted by atomic mass is 19.1. The second-order valence-electron chi connectivity index (χ2n) is 3.80. The Hall–Kier alpha value is -2.24. The lowest BCUT2D eigenvalue weighted by Gasteiger charge is -2.04. The van der Waals surface area contributed by atoms with E-state index in [1.165, 1.54) is 24.5 Å². The number of rotatable bonds is 5. The van der Waals surface area contributed by atoms with Crippen molar-refractivity contribution in [1.29, 1.82) is 0 Å². The number of carbonyl (C=O) groups is 1. The molecule has 2 aromatic rings. The van der Waals surface area contributed by atoms with Crippen LogP contribution in [0.25, 0.3) is 0 Å². The summed E-state index contributed by atoms with van der Waals surface area (Å²) in [6, 6.07) is 5.61. The molecule has 18 heavy (non-hydrogen) atoms. The fourth-order valence-corrected chi connectivity index (χ4v) is 1.54. The predicted octanol–water partition coefficient (Wildman–Crippen LogP) is 1.31. The minimum absolute atomic E-state index is 0.271. The number of hydrogen-bond acceptors (Lipinski definition) is 3. The van der Waals surface area contributed by atoms with E-state index < -0.39 is 5.82 Å². The number of H-pyrrole nitrogens is 1. The zero-order valence-corrected chi connectivity index (χ0v) is 9.69. The first-order valence-corrected chi connectivity index (χ1v) is 5.64. The van der Waals surface area contributed by atoms with Gasteiger partial charge in [0.1, 0.15) is 18.0 Å². The Labute approximate surface area is 103 Å². The summed E-state index contributed by atoms with van der Waals surface area (Å²) in [6.45, 7) is 0.510. The summed E-state index contributed by atoms with van der Waals surface area (Å²) in [6.07, 6.45) is 2.90. The molecule has 0 saturated carbocycles. The highest BCUT2D eigenvalue weighted by molar-refractivity contribution is 5.94.